The van der Waals surface area contributed by atoms with Gasteiger partial charge in [-0.2, -0.15) is 0 Å². The number of aromatic amines is 1. The first-order valence-electron chi connectivity index (χ1n) is 11.3. The van der Waals surface area contributed by atoms with Crippen LogP contribution in [0.25, 0.3) is 22.4 Å². The highest BCUT2D eigenvalue weighted by molar-refractivity contribution is 5.91. The Morgan fingerprint density at radius 3 is 2.53 bits per heavy atom. The number of likely N-dealkylation sites (N-methyl/N-ethyl adjacent to an activating group) is 1. The van der Waals surface area contributed by atoms with Gasteiger partial charge in [-0.25, -0.2) is 9.78 Å². The molecule has 1 aromatic heterocycles. The maximum Gasteiger partial charge on any atom is 0.337 e. The van der Waals surface area contributed by atoms with Crippen molar-refractivity contribution in [3.8, 4) is 23.2 Å². The third-order valence-electron chi connectivity index (χ3n) is 6.12. The van der Waals surface area contributed by atoms with E-state index < -0.39 is 0 Å². The Kier molecular flexibility index (Phi) is 6.03. The molecule has 5 rings (SSSR count). The van der Waals surface area contributed by atoms with Gasteiger partial charge in [0.1, 0.15) is 5.82 Å². The Labute approximate surface area is 199 Å². The number of benzene rings is 3. The summed E-state index contributed by atoms with van der Waals surface area (Å²) >= 11 is 0. The number of esters is 1. The van der Waals surface area contributed by atoms with Gasteiger partial charge in [0.05, 0.1) is 35.0 Å². The zero-order valence-electron chi connectivity index (χ0n) is 19.3. The molecule has 6 heteroatoms. The minimum absolute atomic E-state index is 0.367. The van der Waals surface area contributed by atoms with E-state index in [2.05, 4.69) is 45.8 Å². The van der Waals surface area contributed by atoms with Crippen molar-refractivity contribution >= 4 is 22.7 Å². The molecule has 0 atom stereocenters. The molecule has 1 N–H and O–H groups in total. The van der Waals surface area contributed by atoms with Crippen LogP contribution in [-0.2, 0) is 4.74 Å². The Morgan fingerprint density at radius 1 is 0.971 bits per heavy atom. The van der Waals surface area contributed by atoms with Crippen molar-refractivity contribution in [2.75, 3.05) is 45.2 Å². The zero-order chi connectivity index (χ0) is 23.5. The van der Waals surface area contributed by atoms with Crippen molar-refractivity contribution in [2.45, 2.75) is 0 Å². The maximum atomic E-state index is 12.0. The molecule has 4 aromatic rings. The molecule has 0 bridgehead atoms. The van der Waals surface area contributed by atoms with E-state index in [0.29, 0.717) is 11.4 Å². The van der Waals surface area contributed by atoms with Crippen LogP contribution >= 0.6 is 0 Å². The van der Waals surface area contributed by atoms with Gasteiger partial charge in [0.2, 0.25) is 0 Å². The summed E-state index contributed by atoms with van der Waals surface area (Å²) in [5.74, 6) is 7.04. The molecule has 0 spiro atoms. The van der Waals surface area contributed by atoms with E-state index in [1.807, 2.05) is 42.5 Å². The Balaban J connectivity index is 1.58. The topological polar surface area (TPSA) is 61.5 Å². The molecule has 0 radical (unpaired) electrons. The lowest BCUT2D eigenvalue weighted by atomic mass is 10.1. The van der Waals surface area contributed by atoms with Gasteiger partial charge in [0.25, 0.3) is 0 Å². The van der Waals surface area contributed by atoms with Crippen molar-refractivity contribution in [3.63, 3.8) is 0 Å². The molecule has 34 heavy (non-hydrogen) atoms. The van der Waals surface area contributed by atoms with Crippen LogP contribution in [0.15, 0.2) is 66.7 Å². The first-order valence-corrected chi connectivity index (χ1v) is 11.3. The SMILES string of the molecule is COC(=O)c1cccc(-c2nc3cc(N4CCN(C)CC4)c(C#Cc4ccccc4)cc3[nH]2)c1. The van der Waals surface area contributed by atoms with Crippen LogP contribution in [0.5, 0.6) is 0 Å². The molecular formula is C28H26N4O2. The number of hydrogen-bond acceptors (Lipinski definition) is 5. The van der Waals surface area contributed by atoms with Gasteiger partial charge < -0.3 is 19.5 Å². The number of aromatic nitrogens is 2. The average molecular weight is 451 g/mol. The third kappa shape index (κ3) is 4.52. The van der Waals surface area contributed by atoms with E-state index in [-0.39, 0.29) is 5.97 Å². The summed E-state index contributed by atoms with van der Waals surface area (Å²) in [6, 6.07) is 21.5. The van der Waals surface area contributed by atoms with Gasteiger partial charge in [-0.05, 0) is 43.4 Å². The van der Waals surface area contributed by atoms with Crippen LogP contribution in [-0.4, -0.2) is 61.2 Å². The van der Waals surface area contributed by atoms with Crippen molar-refractivity contribution < 1.29 is 9.53 Å². The second-order valence-corrected chi connectivity index (χ2v) is 8.45. The Morgan fingerprint density at radius 2 is 1.76 bits per heavy atom. The zero-order valence-corrected chi connectivity index (χ0v) is 19.3. The number of rotatable bonds is 3. The van der Waals surface area contributed by atoms with Crippen LogP contribution in [0.3, 0.4) is 0 Å². The first kappa shape index (κ1) is 21.7. The summed E-state index contributed by atoms with van der Waals surface area (Å²) in [5.41, 5.74) is 6.16. The van der Waals surface area contributed by atoms with E-state index in [1.165, 1.54) is 7.11 Å². The number of ether oxygens (including phenoxy) is 1. The molecule has 1 aliphatic heterocycles. The molecule has 0 saturated carbocycles. The minimum Gasteiger partial charge on any atom is -0.465 e. The quantitative estimate of drug-likeness (QED) is 0.375. The first-order chi connectivity index (χ1) is 16.6. The predicted octanol–water partition coefficient (Wildman–Crippen LogP) is 4.17. The number of H-pyrrole nitrogens is 1. The lowest BCUT2D eigenvalue weighted by Gasteiger charge is -2.34. The number of imidazole rings is 1. The molecule has 3 aromatic carbocycles. The fraction of sp³-hybridized carbons (Fsp3) is 0.214. The Bertz CT molecular complexity index is 1390. The van der Waals surface area contributed by atoms with E-state index >= 15 is 0 Å². The number of fused-ring (bicyclic) bond motifs is 1. The van der Waals surface area contributed by atoms with Crippen molar-refractivity contribution in [1.82, 2.24) is 14.9 Å². The van der Waals surface area contributed by atoms with Gasteiger partial charge in [-0.3, -0.25) is 0 Å². The largest absolute Gasteiger partial charge is 0.465 e. The van der Waals surface area contributed by atoms with Crippen molar-refractivity contribution in [1.29, 1.82) is 0 Å². The third-order valence-corrected chi connectivity index (χ3v) is 6.12. The predicted molar refractivity (Wildman–Crippen MR) is 135 cm³/mol. The normalized spacial score (nSPS) is 14.0. The standard InChI is InChI=1S/C28H26N4O2/c1-31-13-15-32(16-14-31)26-19-25-24(18-21(26)12-11-20-7-4-3-5-8-20)29-27(30-25)22-9-6-10-23(17-22)28(33)34-2/h3-10,17-19H,13-16H2,1-2H3,(H,29,30). The van der Waals surface area contributed by atoms with Crippen LogP contribution in [0.4, 0.5) is 5.69 Å². The van der Waals surface area contributed by atoms with Gasteiger partial charge in [0.15, 0.2) is 0 Å². The number of anilines is 1. The number of nitrogens with zero attached hydrogens (tertiary/aromatic N) is 3. The minimum atomic E-state index is -0.367. The highest BCUT2D eigenvalue weighted by Crippen LogP contribution is 2.29. The Hall–Kier alpha value is -4.08. The molecule has 1 aliphatic rings. The van der Waals surface area contributed by atoms with Crippen molar-refractivity contribution in [2.24, 2.45) is 0 Å². The van der Waals surface area contributed by atoms with E-state index in [9.17, 15) is 4.79 Å². The molecule has 1 saturated heterocycles. The van der Waals surface area contributed by atoms with Crippen LogP contribution in [0.2, 0.25) is 0 Å². The van der Waals surface area contributed by atoms with Crippen LogP contribution in [0.1, 0.15) is 21.5 Å². The number of nitrogens with one attached hydrogen (secondary N) is 1. The summed E-state index contributed by atoms with van der Waals surface area (Å²) in [7, 11) is 3.53. The number of piperazine rings is 1. The molecule has 0 amide bonds. The van der Waals surface area contributed by atoms with Gasteiger partial charge >= 0.3 is 5.97 Å². The molecule has 6 nitrogen and oxygen atoms in total. The van der Waals surface area contributed by atoms with E-state index in [0.717, 1.165) is 59.6 Å². The van der Waals surface area contributed by atoms with E-state index in [1.54, 1.807) is 12.1 Å². The summed E-state index contributed by atoms with van der Waals surface area (Å²) in [6.07, 6.45) is 0. The van der Waals surface area contributed by atoms with Gasteiger partial charge in [-0.1, -0.05) is 42.2 Å². The molecule has 2 heterocycles. The number of hydrogen-bond donors (Lipinski definition) is 1. The molecule has 0 aliphatic carbocycles. The highest BCUT2D eigenvalue weighted by Gasteiger charge is 2.19. The molecular weight excluding hydrogens is 424 g/mol. The number of methoxy groups -OCH3 is 1. The van der Waals surface area contributed by atoms with E-state index in [4.69, 9.17) is 9.72 Å². The summed E-state index contributed by atoms with van der Waals surface area (Å²) in [4.78, 5) is 25.0. The smallest absolute Gasteiger partial charge is 0.337 e. The lowest BCUT2D eigenvalue weighted by Crippen LogP contribution is -2.44. The summed E-state index contributed by atoms with van der Waals surface area (Å²) < 4.78 is 4.86. The number of carbonyl (C=O) groups excluding carboxylic acids is 1. The van der Waals surface area contributed by atoms with Gasteiger partial charge in [0, 0.05) is 37.3 Å². The number of carbonyl (C=O) groups is 1. The molecule has 0 unspecified atom stereocenters. The van der Waals surface area contributed by atoms with Crippen LogP contribution < -0.4 is 4.90 Å². The van der Waals surface area contributed by atoms with Crippen molar-refractivity contribution in [3.05, 3.63) is 83.4 Å². The highest BCUT2D eigenvalue weighted by atomic mass is 16.5. The second-order valence-electron chi connectivity index (χ2n) is 8.45. The van der Waals surface area contributed by atoms with Crippen LogP contribution in [0, 0.1) is 11.8 Å². The fourth-order valence-corrected chi connectivity index (χ4v) is 4.16. The monoisotopic (exact) mass is 450 g/mol. The maximum absolute atomic E-state index is 12.0. The average Bonchev–Trinajstić information content (AvgIpc) is 3.31. The second kappa shape index (κ2) is 9.42. The molecule has 170 valence electrons. The van der Waals surface area contributed by atoms with Gasteiger partial charge in [-0.15, -0.1) is 0 Å². The molecule has 1 fully saturated rings. The summed E-state index contributed by atoms with van der Waals surface area (Å²) in [6.45, 7) is 3.91. The fourth-order valence-electron chi connectivity index (χ4n) is 4.16. The lowest BCUT2D eigenvalue weighted by molar-refractivity contribution is 0.0601. The summed E-state index contributed by atoms with van der Waals surface area (Å²) in [5, 5.41) is 0.